The van der Waals surface area contributed by atoms with Gasteiger partial charge in [-0.1, -0.05) is 30.3 Å². The predicted molar refractivity (Wildman–Crippen MR) is 74.4 cm³/mol. The third-order valence-electron chi connectivity index (χ3n) is 3.24. The third kappa shape index (κ3) is 2.54. The first-order valence-corrected chi connectivity index (χ1v) is 6.25. The van der Waals surface area contributed by atoms with E-state index in [4.69, 9.17) is 0 Å². The number of carbonyl (C=O) groups is 1. The Balaban J connectivity index is 2.05. The molecule has 21 heavy (non-hydrogen) atoms. The maximum absolute atomic E-state index is 12.7. The second kappa shape index (κ2) is 4.77. The number of hydrogen-bond donors (Lipinski definition) is 1. The highest BCUT2D eigenvalue weighted by atomic mass is 19.4. The quantitative estimate of drug-likeness (QED) is 0.783. The molecule has 106 valence electrons. The van der Waals surface area contributed by atoms with Crippen LogP contribution in [0.15, 0.2) is 48.5 Å². The van der Waals surface area contributed by atoms with E-state index in [-0.39, 0.29) is 5.91 Å². The van der Waals surface area contributed by atoms with Crippen LogP contribution in [-0.2, 0) is 11.0 Å². The standard InChI is InChI=1S/C16H10F3NO/c17-16(18,19)11-5-3-4-10(8-11)9-13-12-6-1-2-7-14(12)20-15(13)21/h1-9H,(H,20,21)/b13-9-. The molecule has 0 saturated carbocycles. The van der Waals surface area contributed by atoms with Gasteiger partial charge in [0.1, 0.15) is 0 Å². The molecular weight excluding hydrogens is 279 g/mol. The first kappa shape index (κ1) is 13.4. The topological polar surface area (TPSA) is 29.1 Å². The maximum atomic E-state index is 12.7. The summed E-state index contributed by atoms with van der Waals surface area (Å²) in [6.07, 6.45) is -2.93. The van der Waals surface area contributed by atoms with Crippen molar-refractivity contribution in [3.63, 3.8) is 0 Å². The van der Waals surface area contributed by atoms with E-state index >= 15 is 0 Å². The van der Waals surface area contributed by atoms with E-state index in [1.54, 1.807) is 24.3 Å². The number of hydrogen-bond acceptors (Lipinski definition) is 1. The molecule has 2 nitrogen and oxygen atoms in total. The van der Waals surface area contributed by atoms with E-state index < -0.39 is 11.7 Å². The van der Waals surface area contributed by atoms with Gasteiger partial charge in [-0.2, -0.15) is 13.2 Å². The number of rotatable bonds is 1. The Morgan fingerprint density at radius 2 is 1.76 bits per heavy atom. The van der Waals surface area contributed by atoms with E-state index in [0.29, 0.717) is 22.4 Å². The molecule has 0 atom stereocenters. The Morgan fingerprint density at radius 1 is 1.00 bits per heavy atom. The molecular formula is C16H10F3NO. The molecule has 1 N–H and O–H groups in total. The van der Waals surface area contributed by atoms with Crippen LogP contribution >= 0.6 is 0 Å². The van der Waals surface area contributed by atoms with Crippen molar-refractivity contribution in [1.29, 1.82) is 0 Å². The van der Waals surface area contributed by atoms with Crippen molar-refractivity contribution < 1.29 is 18.0 Å². The van der Waals surface area contributed by atoms with Crippen LogP contribution in [0.2, 0.25) is 0 Å². The Hall–Kier alpha value is -2.56. The van der Waals surface area contributed by atoms with Crippen molar-refractivity contribution in [2.45, 2.75) is 6.18 Å². The van der Waals surface area contributed by atoms with E-state index in [2.05, 4.69) is 5.32 Å². The molecule has 0 spiro atoms. The average Bonchev–Trinajstić information content (AvgIpc) is 2.75. The largest absolute Gasteiger partial charge is 0.416 e. The van der Waals surface area contributed by atoms with Gasteiger partial charge < -0.3 is 5.32 Å². The molecule has 0 radical (unpaired) electrons. The number of amides is 1. The van der Waals surface area contributed by atoms with Crippen LogP contribution in [0, 0.1) is 0 Å². The lowest BCUT2D eigenvalue weighted by Gasteiger charge is -2.07. The lowest BCUT2D eigenvalue weighted by molar-refractivity contribution is -0.137. The van der Waals surface area contributed by atoms with E-state index in [1.807, 2.05) is 0 Å². The van der Waals surface area contributed by atoms with Gasteiger partial charge in [0.15, 0.2) is 0 Å². The molecule has 0 saturated heterocycles. The van der Waals surface area contributed by atoms with Gasteiger partial charge in [0.2, 0.25) is 0 Å². The smallest absolute Gasteiger partial charge is 0.321 e. The van der Waals surface area contributed by atoms with Gasteiger partial charge in [-0.05, 0) is 29.8 Å². The summed E-state index contributed by atoms with van der Waals surface area (Å²) in [7, 11) is 0. The van der Waals surface area contributed by atoms with E-state index in [9.17, 15) is 18.0 Å². The molecule has 0 unspecified atom stereocenters. The predicted octanol–water partition coefficient (Wildman–Crippen LogP) is 4.20. The van der Waals surface area contributed by atoms with Crippen LogP contribution < -0.4 is 5.32 Å². The number of anilines is 1. The van der Waals surface area contributed by atoms with Gasteiger partial charge in [0.05, 0.1) is 5.56 Å². The lowest BCUT2D eigenvalue weighted by atomic mass is 10.0. The van der Waals surface area contributed by atoms with Gasteiger partial charge in [-0.15, -0.1) is 0 Å². The Morgan fingerprint density at radius 3 is 2.52 bits per heavy atom. The molecule has 1 heterocycles. The zero-order chi connectivity index (χ0) is 15.0. The normalized spacial score (nSPS) is 16.0. The van der Waals surface area contributed by atoms with Crippen LogP contribution in [-0.4, -0.2) is 5.91 Å². The molecule has 2 aromatic rings. The van der Waals surface area contributed by atoms with Crippen LogP contribution in [0.5, 0.6) is 0 Å². The van der Waals surface area contributed by atoms with Crippen molar-refractivity contribution >= 4 is 23.2 Å². The maximum Gasteiger partial charge on any atom is 0.416 e. The highest BCUT2D eigenvalue weighted by Crippen LogP contribution is 2.34. The first-order chi connectivity index (χ1) is 9.95. The second-order valence-corrected chi connectivity index (χ2v) is 4.68. The first-order valence-electron chi connectivity index (χ1n) is 6.25. The van der Waals surface area contributed by atoms with Crippen molar-refractivity contribution in [2.75, 3.05) is 5.32 Å². The van der Waals surface area contributed by atoms with Crippen molar-refractivity contribution in [3.05, 3.63) is 65.2 Å². The monoisotopic (exact) mass is 289 g/mol. The Kier molecular flexibility index (Phi) is 3.05. The number of benzene rings is 2. The number of carbonyl (C=O) groups excluding carboxylic acids is 1. The lowest BCUT2D eigenvalue weighted by Crippen LogP contribution is -2.05. The van der Waals surface area contributed by atoms with Crippen molar-refractivity contribution in [1.82, 2.24) is 0 Å². The molecule has 0 aliphatic carbocycles. The van der Waals surface area contributed by atoms with Crippen LogP contribution in [0.1, 0.15) is 16.7 Å². The minimum atomic E-state index is -4.40. The van der Waals surface area contributed by atoms with E-state index in [1.165, 1.54) is 18.2 Å². The molecule has 2 aromatic carbocycles. The summed E-state index contributed by atoms with van der Waals surface area (Å²) < 4.78 is 38.1. The van der Waals surface area contributed by atoms with Gasteiger partial charge in [-0.25, -0.2) is 0 Å². The molecule has 1 aliphatic rings. The minimum absolute atomic E-state index is 0.311. The Labute approximate surface area is 118 Å². The summed E-state index contributed by atoms with van der Waals surface area (Å²) in [6.45, 7) is 0. The molecule has 1 amide bonds. The summed E-state index contributed by atoms with van der Waals surface area (Å²) in [6, 6.07) is 12.0. The molecule has 5 heteroatoms. The fraction of sp³-hybridized carbons (Fsp3) is 0.0625. The highest BCUT2D eigenvalue weighted by Gasteiger charge is 2.30. The summed E-state index contributed by atoms with van der Waals surface area (Å²) in [5, 5.41) is 2.68. The van der Waals surface area contributed by atoms with E-state index in [0.717, 1.165) is 12.1 Å². The zero-order valence-corrected chi connectivity index (χ0v) is 10.7. The SMILES string of the molecule is O=C1Nc2ccccc2/C1=C/c1cccc(C(F)(F)F)c1. The van der Waals surface area contributed by atoms with Crippen LogP contribution in [0.4, 0.5) is 18.9 Å². The van der Waals surface area contributed by atoms with Crippen molar-refractivity contribution in [2.24, 2.45) is 0 Å². The average molecular weight is 289 g/mol. The fourth-order valence-electron chi connectivity index (χ4n) is 2.25. The molecule has 1 aliphatic heterocycles. The molecule has 0 fully saturated rings. The van der Waals surface area contributed by atoms with Gasteiger partial charge in [0.25, 0.3) is 5.91 Å². The fourth-order valence-corrected chi connectivity index (χ4v) is 2.25. The third-order valence-corrected chi connectivity index (χ3v) is 3.24. The second-order valence-electron chi connectivity index (χ2n) is 4.68. The summed E-state index contributed by atoms with van der Waals surface area (Å²) >= 11 is 0. The summed E-state index contributed by atoms with van der Waals surface area (Å²) in [4.78, 5) is 11.9. The summed E-state index contributed by atoms with van der Waals surface area (Å²) in [5.41, 5.74) is 1.33. The zero-order valence-electron chi connectivity index (χ0n) is 10.7. The number of nitrogens with one attached hydrogen (secondary N) is 1. The van der Waals surface area contributed by atoms with Gasteiger partial charge >= 0.3 is 6.18 Å². The Bertz CT molecular complexity index is 747. The number of halogens is 3. The van der Waals surface area contributed by atoms with Gasteiger partial charge in [-0.3, -0.25) is 4.79 Å². The molecule has 0 aromatic heterocycles. The number of fused-ring (bicyclic) bond motifs is 1. The summed E-state index contributed by atoms with van der Waals surface area (Å²) in [5.74, 6) is -0.311. The van der Waals surface area contributed by atoms with Crippen LogP contribution in [0.25, 0.3) is 11.6 Å². The number of para-hydroxylation sites is 1. The molecule has 3 rings (SSSR count). The molecule has 0 bridgehead atoms. The van der Waals surface area contributed by atoms with Crippen LogP contribution in [0.3, 0.4) is 0 Å². The van der Waals surface area contributed by atoms with Gasteiger partial charge in [0, 0.05) is 16.8 Å². The minimum Gasteiger partial charge on any atom is -0.321 e. The number of alkyl halides is 3. The highest BCUT2D eigenvalue weighted by molar-refractivity contribution is 6.34. The van der Waals surface area contributed by atoms with Crippen molar-refractivity contribution in [3.8, 4) is 0 Å².